The molecule has 1 N–H and O–H groups in total. The van der Waals surface area contributed by atoms with Gasteiger partial charge in [0.2, 0.25) is 5.91 Å². The van der Waals surface area contributed by atoms with Crippen LogP contribution in [0.3, 0.4) is 0 Å². The van der Waals surface area contributed by atoms with Crippen LogP contribution < -0.4 is 5.32 Å². The molecule has 0 aliphatic carbocycles. The molecule has 1 heterocycles. The lowest BCUT2D eigenvalue weighted by Crippen LogP contribution is -2.32. The number of ether oxygens (including phenoxy) is 1. The van der Waals surface area contributed by atoms with Gasteiger partial charge in [0.1, 0.15) is 6.61 Å². The number of nitrogens with one attached hydrogen (secondary N) is 1. The molecule has 4 heteroatoms. The van der Waals surface area contributed by atoms with E-state index in [2.05, 4.69) is 5.32 Å². The molecular formula is C16H19NO3. The van der Waals surface area contributed by atoms with Crippen LogP contribution in [0.15, 0.2) is 42.5 Å². The van der Waals surface area contributed by atoms with E-state index in [-0.39, 0.29) is 24.5 Å². The molecule has 0 saturated heterocycles. The lowest BCUT2D eigenvalue weighted by Gasteiger charge is -2.19. The fourth-order valence-corrected chi connectivity index (χ4v) is 2.07. The van der Waals surface area contributed by atoms with E-state index in [0.29, 0.717) is 25.7 Å². The van der Waals surface area contributed by atoms with Crippen LogP contribution in [0.2, 0.25) is 0 Å². The maximum absolute atomic E-state index is 11.9. The average Bonchev–Trinajstić information content (AvgIpc) is 2.46. The predicted octanol–water partition coefficient (Wildman–Crippen LogP) is 2.52. The molecular weight excluding hydrogens is 254 g/mol. The second-order valence-corrected chi connectivity index (χ2v) is 4.76. The molecule has 0 bridgehead atoms. The topological polar surface area (TPSA) is 55.4 Å². The fourth-order valence-electron chi connectivity index (χ4n) is 2.07. The van der Waals surface area contributed by atoms with E-state index >= 15 is 0 Å². The molecule has 0 spiro atoms. The van der Waals surface area contributed by atoms with E-state index in [1.54, 1.807) is 0 Å². The Morgan fingerprint density at radius 3 is 2.45 bits per heavy atom. The number of amides is 1. The molecule has 20 heavy (non-hydrogen) atoms. The predicted molar refractivity (Wildman–Crippen MR) is 75.9 cm³/mol. The van der Waals surface area contributed by atoms with Crippen molar-refractivity contribution in [1.82, 2.24) is 5.32 Å². The zero-order valence-electron chi connectivity index (χ0n) is 11.4. The van der Waals surface area contributed by atoms with Crippen LogP contribution in [0.1, 0.15) is 37.3 Å². The molecule has 0 aromatic heterocycles. The molecule has 4 nitrogen and oxygen atoms in total. The molecule has 1 aromatic rings. The minimum Gasteiger partial charge on any atom is -0.463 e. The van der Waals surface area contributed by atoms with Crippen LogP contribution in [0, 0.1) is 0 Å². The highest BCUT2D eigenvalue weighted by atomic mass is 16.5. The summed E-state index contributed by atoms with van der Waals surface area (Å²) >= 11 is 0. The third-order valence-electron chi connectivity index (χ3n) is 3.17. The number of allylic oxidation sites excluding steroid dienone is 2. The molecule has 1 aromatic carbocycles. The van der Waals surface area contributed by atoms with Crippen LogP contribution in [-0.2, 0) is 14.3 Å². The Hall–Kier alpha value is -2.10. The van der Waals surface area contributed by atoms with Gasteiger partial charge in [-0.2, -0.15) is 0 Å². The van der Waals surface area contributed by atoms with E-state index < -0.39 is 0 Å². The van der Waals surface area contributed by atoms with Gasteiger partial charge in [-0.3, -0.25) is 9.59 Å². The molecule has 1 atom stereocenters. The Morgan fingerprint density at radius 2 is 1.70 bits per heavy atom. The lowest BCUT2D eigenvalue weighted by atomic mass is 10.1. The summed E-state index contributed by atoms with van der Waals surface area (Å²) in [6.07, 6.45) is 6.05. The van der Waals surface area contributed by atoms with E-state index in [0.717, 1.165) is 5.56 Å². The maximum atomic E-state index is 11.9. The molecule has 0 unspecified atom stereocenters. The van der Waals surface area contributed by atoms with Gasteiger partial charge in [0.25, 0.3) is 0 Å². The van der Waals surface area contributed by atoms with Crippen molar-refractivity contribution in [2.75, 3.05) is 6.61 Å². The minimum atomic E-state index is -0.281. The van der Waals surface area contributed by atoms with Gasteiger partial charge < -0.3 is 10.1 Å². The highest BCUT2D eigenvalue weighted by Gasteiger charge is 2.16. The van der Waals surface area contributed by atoms with Crippen molar-refractivity contribution >= 4 is 11.9 Å². The summed E-state index contributed by atoms with van der Waals surface area (Å²) in [5, 5.41) is 2.92. The SMILES string of the molecule is O=C1CCC=CCCC(=O)OC[C@@H](c2ccccc2)N1. The van der Waals surface area contributed by atoms with Gasteiger partial charge in [0, 0.05) is 12.8 Å². The molecule has 0 radical (unpaired) electrons. The second kappa shape index (κ2) is 7.48. The minimum absolute atomic E-state index is 0.0277. The van der Waals surface area contributed by atoms with Gasteiger partial charge in [-0.25, -0.2) is 0 Å². The van der Waals surface area contributed by atoms with Gasteiger partial charge in [0.05, 0.1) is 6.04 Å². The van der Waals surface area contributed by atoms with Crippen molar-refractivity contribution < 1.29 is 14.3 Å². The van der Waals surface area contributed by atoms with Crippen LogP contribution >= 0.6 is 0 Å². The van der Waals surface area contributed by atoms with Crippen LogP contribution in [0.4, 0.5) is 0 Å². The van der Waals surface area contributed by atoms with Crippen molar-refractivity contribution in [2.45, 2.75) is 31.7 Å². The van der Waals surface area contributed by atoms with Gasteiger partial charge in [0.15, 0.2) is 0 Å². The van der Waals surface area contributed by atoms with Crippen LogP contribution in [0.25, 0.3) is 0 Å². The van der Waals surface area contributed by atoms with Crippen LogP contribution in [0.5, 0.6) is 0 Å². The monoisotopic (exact) mass is 273 g/mol. The summed E-state index contributed by atoms with van der Waals surface area (Å²) in [6, 6.07) is 9.29. The summed E-state index contributed by atoms with van der Waals surface area (Å²) in [5.41, 5.74) is 0.946. The normalized spacial score (nSPS) is 21.3. The van der Waals surface area contributed by atoms with Crippen molar-refractivity contribution in [3.8, 4) is 0 Å². The lowest BCUT2D eigenvalue weighted by molar-refractivity contribution is -0.145. The smallest absolute Gasteiger partial charge is 0.306 e. The van der Waals surface area contributed by atoms with E-state index in [4.69, 9.17) is 4.74 Å². The first-order valence-electron chi connectivity index (χ1n) is 6.90. The summed E-state index contributed by atoms with van der Waals surface area (Å²) in [4.78, 5) is 23.5. The number of hydrogen-bond acceptors (Lipinski definition) is 3. The van der Waals surface area contributed by atoms with E-state index in [1.165, 1.54) is 0 Å². The van der Waals surface area contributed by atoms with Crippen molar-refractivity contribution in [3.05, 3.63) is 48.0 Å². The second-order valence-electron chi connectivity index (χ2n) is 4.76. The number of benzene rings is 1. The average molecular weight is 273 g/mol. The maximum Gasteiger partial charge on any atom is 0.306 e. The summed E-state index contributed by atoms with van der Waals surface area (Å²) in [5.74, 6) is -0.259. The van der Waals surface area contributed by atoms with E-state index in [1.807, 2.05) is 42.5 Å². The molecule has 0 saturated carbocycles. The number of carbonyl (C=O) groups is 2. The van der Waals surface area contributed by atoms with Crippen molar-refractivity contribution in [2.24, 2.45) is 0 Å². The Balaban J connectivity index is 2.09. The Kier molecular flexibility index (Phi) is 5.35. The number of hydrogen-bond donors (Lipinski definition) is 1. The Morgan fingerprint density at radius 1 is 1.00 bits per heavy atom. The molecule has 2 rings (SSSR count). The van der Waals surface area contributed by atoms with E-state index in [9.17, 15) is 9.59 Å². The molecule has 0 fully saturated rings. The Bertz CT molecular complexity index is 482. The first-order valence-corrected chi connectivity index (χ1v) is 6.90. The quantitative estimate of drug-likeness (QED) is 0.632. The Labute approximate surface area is 118 Å². The highest BCUT2D eigenvalue weighted by Crippen LogP contribution is 2.14. The van der Waals surface area contributed by atoms with Crippen LogP contribution in [-0.4, -0.2) is 18.5 Å². The number of carbonyl (C=O) groups excluding carboxylic acids is 2. The molecule has 1 aliphatic heterocycles. The first-order chi connectivity index (χ1) is 9.75. The van der Waals surface area contributed by atoms with Crippen molar-refractivity contribution in [3.63, 3.8) is 0 Å². The van der Waals surface area contributed by atoms with Gasteiger partial charge in [-0.1, -0.05) is 42.5 Å². The zero-order valence-corrected chi connectivity index (χ0v) is 11.4. The highest BCUT2D eigenvalue weighted by molar-refractivity contribution is 5.76. The van der Waals surface area contributed by atoms with Gasteiger partial charge in [-0.05, 0) is 18.4 Å². The summed E-state index contributed by atoms with van der Waals surface area (Å²) < 4.78 is 5.24. The third-order valence-corrected chi connectivity index (χ3v) is 3.17. The van der Waals surface area contributed by atoms with Gasteiger partial charge in [-0.15, -0.1) is 0 Å². The first kappa shape index (κ1) is 14.3. The number of rotatable bonds is 1. The third kappa shape index (κ3) is 4.53. The standard InChI is InChI=1S/C16H19NO3/c18-15-10-6-1-2-7-11-16(19)20-12-14(17-15)13-8-4-3-5-9-13/h1-5,8-9,14H,6-7,10-12H2,(H,17,18)/t14-/m0/s1. The van der Waals surface area contributed by atoms with Gasteiger partial charge >= 0.3 is 5.97 Å². The number of esters is 1. The number of cyclic esters (lactones) is 1. The summed E-state index contributed by atoms with van der Waals surface area (Å²) in [7, 11) is 0. The fraction of sp³-hybridized carbons (Fsp3) is 0.375. The summed E-state index contributed by atoms with van der Waals surface area (Å²) in [6.45, 7) is 0.179. The van der Waals surface area contributed by atoms with Crippen molar-refractivity contribution in [1.29, 1.82) is 0 Å². The molecule has 1 aliphatic rings. The molecule has 106 valence electrons. The largest absolute Gasteiger partial charge is 0.463 e. The zero-order chi connectivity index (χ0) is 14.2. The molecule has 1 amide bonds.